The van der Waals surface area contributed by atoms with Gasteiger partial charge in [0.1, 0.15) is 5.75 Å². The van der Waals surface area contributed by atoms with Gasteiger partial charge in [-0.05, 0) is 36.4 Å². The first-order valence-electron chi connectivity index (χ1n) is 7.06. The SMILES string of the molecule is COc1ccc(NC=O)cc1.O=C1CC(Sc2ccccc2)N1. The van der Waals surface area contributed by atoms with Crippen molar-refractivity contribution in [1.82, 2.24) is 5.32 Å². The number of nitrogens with one attached hydrogen (secondary N) is 2. The number of carbonyl (C=O) groups is 2. The third-order valence-electron chi connectivity index (χ3n) is 3.03. The van der Waals surface area contributed by atoms with Crippen molar-refractivity contribution in [3.8, 4) is 5.75 Å². The van der Waals surface area contributed by atoms with E-state index in [1.165, 1.54) is 4.90 Å². The molecule has 0 aromatic heterocycles. The first-order chi connectivity index (χ1) is 11.2. The van der Waals surface area contributed by atoms with Crippen LogP contribution in [0, 0.1) is 0 Å². The van der Waals surface area contributed by atoms with Crippen LogP contribution in [0.2, 0.25) is 0 Å². The predicted molar refractivity (Wildman–Crippen MR) is 91.5 cm³/mol. The zero-order valence-electron chi connectivity index (χ0n) is 12.7. The number of amides is 2. The maximum atomic E-state index is 10.6. The Bertz CT molecular complexity index is 624. The molecule has 23 heavy (non-hydrogen) atoms. The molecule has 3 rings (SSSR count). The fourth-order valence-electron chi connectivity index (χ4n) is 1.82. The third kappa shape index (κ3) is 5.67. The van der Waals surface area contributed by atoms with Crippen molar-refractivity contribution >= 4 is 29.8 Å². The number of β-lactam (4-membered cyclic amide) rings is 1. The highest BCUT2D eigenvalue weighted by molar-refractivity contribution is 8.00. The van der Waals surface area contributed by atoms with Gasteiger partial charge in [0.15, 0.2) is 0 Å². The van der Waals surface area contributed by atoms with Crippen molar-refractivity contribution in [2.75, 3.05) is 12.4 Å². The van der Waals surface area contributed by atoms with E-state index < -0.39 is 0 Å². The lowest BCUT2D eigenvalue weighted by atomic mass is 10.3. The van der Waals surface area contributed by atoms with E-state index in [9.17, 15) is 9.59 Å². The van der Waals surface area contributed by atoms with Crippen LogP contribution in [0.1, 0.15) is 6.42 Å². The molecule has 5 nitrogen and oxygen atoms in total. The molecule has 2 N–H and O–H groups in total. The van der Waals surface area contributed by atoms with E-state index >= 15 is 0 Å². The summed E-state index contributed by atoms with van der Waals surface area (Å²) in [5, 5.41) is 5.63. The van der Waals surface area contributed by atoms with Gasteiger partial charge in [-0.15, -0.1) is 11.8 Å². The summed E-state index contributed by atoms with van der Waals surface area (Å²) in [6.07, 6.45) is 1.29. The van der Waals surface area contributed by atoms with Crippen molar-refractivity contribution in [2.45, 2.75) is 16.7 Å². The maximum absolute atomic E-state index is 10.6. The highest BCUT2D eigenvalue weighted by Crippen LogP contribution is 2.27. The second-order valence-electron chi connectivity index (χ2n) is 4.68. The smallest absolute Gasteiger partial charge is 0.223 e. The molecule has 0 saturated carbocycles. The molecule has 1 heterocycles. The van der Waals surface area contributed by atoms with E-state index in [0.29, 0.717) is 18.2 Å². The summed E-state index contributed by atoms with van der Waals surface area (Å²) in [6.45, 7) is 0. The molecule has 6 heteroatoms. The van der Waals surface area contributed by atoms with Gasteiger partial charge in [-0.1, -0.05) is 18.2 Å². The molecule has 120 valence electrons. The van der Waals surface area contributed by atoms with Crippen LogP contribution in [-0.4, -0.2) is 24.8 Å². The number of rotatable bonds is 5. The lowest BCUT2D eigenvalue weighted by Gasteiger charge is -2.25. The van der Waals surface area contributed by atoms with Gasteiger partial charge in [-0.2, -0.15) is 0 Å². The molecule has 2 aromatic carbocycles. The fourth-order valence-corrected chi connectivity index (χ4v) is 2.88. The highest BCUT2D eigenvalue weighted by Gasteiger charge is 2.25. The van der Waals surface area contributed by atoms with E-state index in [-0.39, 0.29) is 5.91 Å². The Labute approximate surface area is 139 Å². The van der Waals surface area contributed by atoms with Gasteiger partial charge in [0.25, 0.3) is 0 Å². The number of anilines is 1. The fraction of sp³-hybridized carbons (Fsp3) is 0.176. The van der Waals surface area contributed by atoms with Crippen LogP contribution in [0.25, 0.3) is 0 Å². The molecule has 1 aliphatic heterocycles. The van der Waals surface area contributed by atoms with Crippen LogP contribution in [0.15, 0.2) is 59.5 Å². The quantitative estimate of drug-likeness (QED) is 0.653. The summed E-state index contributed by atoms with van der Waals surface area (Å²) in [5.74, 6) is 0.935. The number of hydrogen-bond donors (Lipinski definition) is 2. The largest absolute Gasteiger partial charge is 0.497 e. The molecule has 0 radical (unpaired) electrons. The first-order valence-corrected chi connectivity index (χ1v) is 7.94. The molecule has 0 bridgehead atoms. The Kier molecular flexibility index (Phi) is 6.50. The van der Waals surface area contributed by atoms with Gasteiger partial charge < -0.3 is 15.4 Å². The average Bonchev–Trinajstić information content (AvgIpc) is 2.56. The molecule has 2 aromatic rings. The second kappa shape index (κ2) is 8.85. The molecule has 1 unspecified atom stereocenters. The van der Waals surface area contributed by atoms with Crippen molar-refractivity contribution in [2.24, 2.45) is 0 Å². The second-order valence-corrected chi connectivity index (χ2v) is 5.96. The maximum Gasteiger partial charge on any atom is 0.223 e. The molecular weight excluding hydrogens is 312 g/mol. The van der Waals surface area contributed by atoms with Crippen LogP contribution in [0.5, 0.6) is 5.75 Å². The van der Waals surface area contributed by atoms with Gasteiger partial charge >= 0.3 is 0 Å². The van der Waals surface area contributed by atoms with Crippen molar-refractivity contribution < 1.29 is 14.3 Å². The van der Waals surface area contributed by atoms with Gasteiger partial charge in [0.05, 0.1) is 18.9 Å². The van der Waals surface area contributed by atoms with Crippen LogP contribution in [-0.2, 0) is 9.59 Å². The van der Waals surface area contributed by atoms with E-state index in [0.717, 1.165) is 11.4 Å². The van der Waals surface area contributed by atoms with Gasteiger partial charge in [-0.25, -0.2) is 0 Å². The van der Waals surface area contributed by atoms with Crippen LogP contribution in [0.3, 0.4) is 0 Å². The topological polar surface area (TPSA) is 67.4 Å². The molecule has 1 saturated heterocycles. The van der Waals surface area contributed by atoms with E-state index in [4.69, 9.17) is 4.74 Å². The molecule has 0 aliphatic carbocycles. The lowest BCUT2D eigenvalue weighted by molar-refractivity contribution is -0.126. The number of benzene rings is 2. The highest BCUT2D eigenvalue weighted by atomic mass is 32.2. The number of methoxy groups -OCH3 is 1. The van der Waals surface area contributed by atoms with Crippen LogP contribution in [0.4, 0.5) is 5.69 Å². The summed E-state index contributed by atoms with van der Waals surface area (Å²) in [6, 6.07) is 17.2. The number of hydrogen-bond acceptors (Lipinski definition) is 4. The minimum Gasteiger partial charge on any atom is -0.497 e. The van der Waals surface area contributed by atoms with Crippen molar-refractivity contribution in [3.63, 3.8) is 0 Å². The van der Waals surface area contributed by atoms with Gasteiger partial charge in [-0.3, -0.25) is 9.59 Å². The Hall–Kier alpha value is -2.47. The van der Waals surface area contributed by atoms with Gasteiger partial charge in [0.2, 0.25) is 12.3 Å². The standard InChI is InChI=1S/C9H9NOS.C8H9NO2/c11-8-6-9(10-8)12-7-4-2-1-3-5-7;1-11-8-4-2-7(3-5-8)9-6-10/h1-5,9H,6H2,(H,10,11);2-6H,1H3,(H,9,10). The first kappa shape index (κ1) is 16.9. The summed E-state index contributed by atoms with van der Waals surface area (Å²) in [4.78, 5) is 21.8. The molecule has 1 fully saturated rings. The Morgan fingerprint density at radius 1 is 1.17 bits per heavy atom. The van der Waals surface area contributed by atoms with Crippen LogP contribution >= 0.6 is 11.8 Å². The third-order valence-corrected chi connectivity index (χ3v) is 4.14. The van der Waals surface area contributed by atoms with Crippen molar-refractivity contribution in [1.29, 1.82) is 0 Å². The van der Waals surface area contributed by atoms with E-state index in [1.54, 1.807) is 43.1 Å². The molecule has 0 spiro atoms. The lowest BCUT2D eigenvalue weighted by Crippen LogP contribution is -2.46. The van der Waals surface area contributed by atoms with Crippen molar-refractivity contribution in [3.05, 3.63) is 54.6 Å². The van der Waals surface area contributed by atoms with Gasteiger partial charge in [0, 0.05) is 10.6 Å². The molecular formula is C17H18N2O3S. The number of ether oxygens (including phenoxy) is 1. The zero-order valence-corrected chi connectivity index (χ0v) is 13.5. The van der Waals surface area contributed by atoms with E-state index in [2.05, 4.69) is 22.8 Å². The molecule has 1 atom stereocenters. The summed E-state index contributed by atoms with van der Waals surface area (Å²) in [5.41, 5.74) is 0.765. The number of carbonyl (C=O) groups excluding carboxylic acids is 2. The minimum absolute atomic E-state index is 0.156. The Morgan fingerprint density at radius 2 is 1.83 bits per heavy atom. The Morgan fingerprint density at radius 3 is 2.35 bits per heavy atom. The van der Waals surface area contributed by atoms with E-state index in [1.807, 2.05) is 18.2 Å². The molecule has 2 amide bonds. The Balaban J connectivity index is 0.000000168. The number of thioether (sulfide) groups is 1. The summed E-state index contributed by atoms with van der Waals surface area (Å²) in [7, 11) is 1.60. The average molecular weight is 330 g/mol. The molecule has 1 aliphatic rings. The predicted octanol–water partition coefficient (Wildman–Crippen LogP) is 2.89. The minimum atomic E-state index is 0.156. The van der Waals surface area contributed by atoms with Crippen LogP contribution < -0.4 is 15.4 Å². The summed E-state index contributed by atoms with van der Waals surface area (Å²) >= 11 is 1.70. The normalized spacial score (nSPS) is 15.3. The monoisotopic (exact) mass is 330 g/mol. The summed E-state index contributed by atoms with van der Waals surface area (Å²) < 4.78 is 4.93. The zero-order chi connectivity index (χ0) is 16.5.